The molecular weight excluding hydrogens is 282 g/mol. The molecule has 1 aromatic heterocycles. The number of benzene rings is 1. The van der Waals surface area contributed by atoms with Crippen LogP contribution in [-0.4, -0.2) is 15.7 Å². The van der Waals surface area contributed by atoms with Gasteiger partial charge in [-0.2, -0.15) is 5.26 Å². The summed E-state index contributed by atoms with van der Waals surface area (Å²) in [4.78, 5) is 26.3. The lowest BCUT2D eigenvalue weighted by atomic mass is 10.00. The van der Waals surface area contributed by atoms with Gasteiger partial charge < -0.3 is 0 Å². The standard InChI is InChI=1S/C16H11N3O3/c17-11-14(15-6-1-2-9-18-15)16(20)8-7-12-4-3-5-13(10-12)19(21)22/h1-10,14H/b8-7+/t14-/m0/s1. The Balaban J connectivity index is 2.19. The number of pyridine rings is 1. The van der Waals surface area contributed by atoms with E-state index in [9.17, 15) is 14.9 Å². The molecule has 1 aromatic carbocycles. The van der Waals surface area contributed by atoms with Crippen molar-refractivity contribution in [2.45, 2.75) is 5.92 Å². The molecule has 22 heavy (non-hydrogen) atoms. The van der Waals surface area contributed by atoms with Crippen molar-refractivity contribution in [2.24, 2.45) is 0 Å². The topological polar surface area (TPSA) is 96.9 Å². The molecule has 0 fully saturated rings. The number of nitriles is 1. The molecule has 0 N–H and O–H groups in total. The van der Waals surface area contributed by atoms with Gasteiger partial charge in [0.05, 0.1) is 16.7 Å². The molecule has 0 unspecified atom stereocenters. The lowest BCUT2D eigenvalue weighted by molar-refractivity contribution is -0.384. The average Bonchev–Trinajstić information content (AvgIpc) is 2.55. The second kappa shape index (κ2) is 6.90. The molecule has 2 aromatic rings. The summed E-state index contributed by atoms with van der Waals surface area (Å²) in [5, 5.41) is 19.8. The highest BCUT2D eigenvalue weighted by Gasteiger charge is 2.18. The van der Waals surface area contributed by atoms with Crippen molar-refractivity contribution in [3.8, 4) is 6.07 Å². The molecule has 0 bridgehead atoms. The Morgan fingerprint density at radius 3 is 2.77 bits per heavy atom. The highest BCUT2D eigenvalue weighted by Crippen LogP contribution is 2.17. The number of nitro groups is 1. The first kappa shape index (κ1) is 15.1. The van der Waals surface area contributed by atoms with Crippen LogP contribution in [-0.2, 0) is 4.79 Å². The van der Waals surface area contributed by atoms with Gasteiger partial charge in [0, 0.05) is 18.3 Å². The summed E-state index contributed by atoms with van der Waals surface area (Å²) in [6.45, 7) is 0. The summed E-state index contributed by atoms with van der Waals surface area (Å²) in [6.07, 6.45) is 4.20. The minimum Gasteiger partial charge on any atom is -0.293 e. The van der Waals surface area contributed by atoms with Gasteiger partial charge in [0.15, 0.2) is 11.7 Å². The summed E-state index contributed by atoms with van der Waals surface area (Å²) in [5.74, 6) is -1.41. The number of non-ortho nitro benzene ring substituents is 1. The summed E-state index contributed by atoms with van der Waals surface area (Å²) in [7, 11) is 0. The van der Waals surface area contributed by atoms with Crippen molar-refractivity contribution in [3.63, 3.8) is 0 Å². The fourth-order valence-electron chi connectivity index (χ4n) is 1.84. The van der Waals surface area contributed by atoms with E-state index in [0.29, 0.717) is 11.3 Å². The summed E-state index contributed by atoms with van der Waals surface area (Å²) >= 11 is 0. The molecule has 0 aliphatic heterocycles. The van der Waals surface area contributed by atoms with Crippen LogP contribution in [0.1, 0.15) is 17.2 Å². The average molecular weight is 293 g/mol. The maximum Gasteiger partial charge on any atom is 0.270 e. The maximum absolute atomic E-state index is 12.1. The highest BCUT2D eigenvalue weighted by atomic mass is 16.6. The van der Waals surface area contributed by atoms with E-state index in [0.717, 1.165) is 0 Å². The Kier molecular flexibility index (Phi) is 4.73. The molecule has 0 aliphatic carbocycles. The molecule has 0 amide bonds. The number of carbonyl (C=O) groups is 1. The molecule has 0 aliphatic rings. The van der Waals surface area contributed by atoms with Crippen LogP contribution in [0.25, 0.3) is 6.08 Å². The molecule has 1 heterocycles. The summed E-state index contributed by atoms with van der Waals surface area (Å²) in [6, 6.07) is 12.8. The van der Waals surface area contributed by atoms with E-state index in [1.165, 1.54) is 36.5 Å². The minimum absolute atomic E-state index is 0.0591. The van der Waals surface area contributed by atoms with Crippen molar-refractivity contribution >= 4 is 17.5 Å². The zero-order valence-corrected chi connectivity index (χ0v) is 11.4. The van der Waals surface area contributed by atoms with Crippen molar-refractivity contribution in [2.75, 3.05) is 0 Å². The Morgan fingerprint density at radius 2 is 2.14 bits per heavy atom. The normalized spacial score (nSPS) is 11.8. The molecule has 0 saturated heterocycles. The fraction of sp³-hybridized carbons (Fsp3) is 0.0625. The number of rotatable bonds is 5. The van der Waals surface area contributed by atoms with Crippen LogP contribution < -0.4 is 0 Å². The Labute approximate surface area is 126 Å². The minimum atomic E-state index is -0.990. The Bertz CT molecular complexity index is 764. The maximum atomic E-state index is 12.1. The van der Waals surface area contributed by atoms with E-state index >= 15 is 0 Å². The predicted molar refractivity (Wildman–Crippen MR) is 79.7 cm³/mol. The summed E-state index contributed by atoms with van der Waals surface area (Å²) < 4.78 is 0. The molecule has 6 nitrogen and oxygen atoms in total. The first-order valence-electron chi connectivity index (χ1n) is 6.39. The molecule has 108 valence electrons. The number of ketones is 1. The third-order valence-corrected chi connectivity index (χ3v) is 2.92. The highest BCUT2D eigenvalue weighted by molar-refractivity contribution is 6.00. The van der Waals surface area contributed by atoms with Crippen LogP contribution >= 0.6 is 0 Å². The number of hydrogen-bond donors (Lipinski definition) is 0. The largest absolute Gasteiger partial charge is 0.293 e. The van der Waals surface area contributed by atoms with Gasteiger partial charge in [-0.25, -0.2) is 0 Å². The van der Waals surface area contributed by atoms with Crippen molar-refractivity contribution in [3.05, 3.63) is 76.1 Å². The van der Waals surface area contributed by atoms with E-state index in [2.05, 4.69) is 4.98 Å². The predicted octanol–water partition coefficient (Wildman–Crippen LogP) is 2.88. The molecular formula is C16H11N3O3. The van der Waals surface area contributed by atoms with Crippen LogP contribution in [0.2, 0.25) is 0 Å². The van der Waals surface area contributed by atoms with Crippen LogP contribution in [0.15, 0.2) is 54.7 Å². The second-order valence-electron chi connectivity index (χ2n) is 4.40. The number of allylic oxidation sites excluding steroid dienone is 1. The number of nitrogens with zero attached hydrogens (tertiary/aromatic N) is 3. The second-order valence-corrected chi connectivity index (χ2v) is 4.40. The molecule has 0 saturated carbocycles. The van der Waals surface area contributed by atoms with Crippen molar-refractivity contribution in [1.29, 1.82) is 5.26 Å². The lowest BCUT2D eigenvalue weighted by Crippen LogP contribution is -2.09. The van der Waals surface area contributed by atoms with E-state index in [-0.39, 0.29) is 5.69 Å². The number of hydrogen-bond acceptors (Lipinski definition) is 5. The first-order chi connectivity index (χ1) is 10.6. The van der Waals surface area contributed by atoms with Crippen molar-refractivity contribution in [1.82, 2.24) is 4.98 Å². The molecule has 6 heteroatoms. The SMILES string of the molecule is N#C[C@H](C(=O)/C=C/c1cccc([N+](=O)[O-])c1)c1ccccn1. The monoisotopic (exact) mass is 293 g/mol. The zero-order valence-electron chi connectivity index (χ0n) is 11.4. The summed E-state index contributed by atoms with van der Waals surface area (Å²) in [5.41, 5.74) is 0.829. The molecule has 0 spiro atoms. The van der Waals surface area contributed by atoms with Gasteiger partial charge in [-0.15, -0.1) is 0 Å². The fourth-order valence-corrected chi connectivity index (χ4v) is 1.84. The van der Waals surface area contributed by atoms with Crippen LogP contribution in [0.3, 0.4) is 0 Å². The van der Waals surface area contributed by atoms with E-state index in [1.807, 2.05) is 6.07 Å². The van der Waals surface area contributed by atoms with Crippen LogP contribution in [0.5, 0.6) is 0 Å². The van der Waals surface area contributed by atoms with Crippen LogP contribution in [0.4, 0.5) is 5.69 Å². The lowest BCUT2D eigenvalue weighted by Gasteiger charge is -2.03. The molecule has 0 radical (unpaired) electrons. The van der Waals surface area contributed by atoms with Crippen molar-refractivity contribution < 1.29 is 9.72 Å². The van der Waals surface area contributed by atoms with E-state index in [4.69, 9.17) is 5.26 Å². The third-order valence-electron chi connectivity index (χ3n) is 2.92. The first-order valence-corrected chi connectivity index (χ1v) is 6.39. The van der Waals surface area contributed by atoms with Crippen LogP contribution in [0, 0.1) is 21.4 Å². The van der Waals surface area contributed by atoms with Gasteiger partial charge in [-0.3, -0.25) is 19.9 Å². The van der Waals surface area contributed by atoms with E-state index in [1.54, 1.807) is 24.3 Å². The zero-order chi connectivity index (χ0) is 15.9. The van der Waals surface area contributed by atoms with E-state index < -0.39 is 16.6 Å². The Hall–Kier alpha value is -3.33. The van der Waals surface area contributed by atoms with Gasteiger partial charge >= 0.3 is 0 Å². The smallest absolute Gasteiger partial charge is 0.270 e. The van der Waals surface area contributed by atoms with Gasteiger partial charge in [0.25, 0.3) is 5.69 Å². The number of aromatic nitrogens is 1. The molecule has 1 atom stereocenters. The van der Waals surface area contributed by atoms with Gasteiger partial charge in [0.1, 0.15) is 0 Å². The third kappa shape index (κ3) is 3.61. The Morgan fingerprint density at radius 1 is 1.32 bits per heavy atom. The quantitative estimate of drug-likeness (QED) is 0.479. The number of nitro benzene ring substituents is 1. The molecule has 2 rings (SSSR count). The number of carbonyl (C=O) groups excluding carboxylic acids is 1. The van der Waals surface area contributed by atoms with Gasteiger partial charge in [-0.1, -0.05) is 24.3 Å². The van der Waals surface area contributed by atoms with Gasteiger partial charge in [0.2, 0.25) is 0 Å². The van der Waals surface area contributed by atoms with Gasteiger partial charge in [-0.05, 0) is 23.8 Å².